The molecule has 0 atom stereocenters. The van der Waals surface area contributed by atoms with Gasteiger partial charge in [0.05, 0.1) is 5.54 Å². The maximum Gasteiger partial charge on any atom is 0.321 e. The zero-order valence-electron chi connectivity index (χ0n) is 19.0. The van der Waals surface area contributed by atoms with Crippen molar-refractivity contribution in [2.45, 2.75) is 75.5 Å². The van der Waals surface area contributed by atoms with Crippen LogP contribution >= 0.6 is 0 Å². The molecule has 0 unspecified atom stereocenters. The van der Waals surface area contributed by atoms with Crippen LogP contribution in [0, 0.1) is 0 Å². The van der Waals surface area contributed by atoms with Gasteiger partial charge in [-0.15, -0.1) is 0 Å². The van der Waals surface area contributed by atoms with Gasteiger partial charge in [0, 0.05) is 51.5 Å². The van der Waals surface area contributed by atoms with Crippen molar-refractivity contribution in [2.75, 3.05) is 32.8 Å². The van der Waals surface area contributed by atoms with Gasteiger partial charge in [-0.05, 0) is 44.1 Å². The van der Waals surface area contributed by atoms with Crippen LogP contribution in [0.1, 0.15) is 56.9 Å². The molecule has 1 saturated carbocycles. The largest absolute Gasteiger partial charge is 0.381 e. The highest BCUT2D eigenvalue weighted by Gasteiger charge is 2.53. The van der Waals surface area contributed by atoms with Gasteiger partial charge in [-0.2, -0.15) is 0 Å². The van der Waals surface area contributed by atoms with Gasteiger partial charge in [0.1, 0.15) is 0 Å². The second kappa shape index (κ2) is 9.30. The Morgan fingerprint density at radius 3 is 2.41 bits per heavy atom. The average molecular weight is 441 g/mol. The number of rotatable bonds is 4. The Kier molecular flexibility index (Phi) is 6.26. The summed E-state index contributed by atoms with van der Waals surface area (Å²) in [6.07, 6.45) is 8.14. The van der Waals surface area contributed by atoms with Crippen LogP contribution in [-0.4, -0.2) is 77.2 Å². The Labute approximate surface area is 191 Å². The summed E-state index contributed by atoms with van der Waals surface area (Å²) >= 11 is 0. The number of ether oxygens (including phenoxy) is 1. The van der Waals surface area contributed by atoms with Gasteiger partial charge in [-0.25, -0.2) is 9.59 Å². The Morgan fingerprint density at radius 1 is 1.03 bits per heavy atom. The van der Waals surface area contributed by atoms with Gasteiger partial charge in [-0.3, -0.25) is 0 Å². The van der Waals surface area contributed by atoms with Crippen LogP contribution in [0.15, 0.2) is 30.3 Å². The van der Waals surface area contributed by atoms with Crippen LogP contribution in [0.25, 0.3) is 0 Å². The van der Waals surface area contributed by atoms with E-state index in [0.717, 1.165) is 58.2 Å². The number of likely N-dealkylation sites (tertiary alicyclic amines) is 1. The second-order valence-corrected chi connectivity index (χ2v) is 9.98. The lowest BCUT2D eigenvalue weighted by molar-refractivity contribution is -0.0144. The molecule has 5 rings (SSSR count). The van der Waals surface area contributed by atoms with E-state index in [1.165, 1.54) is 18.4 Å². The molecule has 1 spiro atoms. The fourth-order valence-corrected chi connectivity index (χ4v) is 6.14. The van der Waals surface area contributed by atoms with Crippen molar-refractivity contribution < 1.29 is 14.3 Å². The summed E-state index contributed by atoms with van der Waals surface area (Å²) in [4.78, 5) is 32.5. The molecular formula is C25H36N4O3. The van der Waals surface area contributed by atoms with Crippen molar-refractivity contribution in [3.05, 3.63) is 35.9 Å². The molecule has 0 aromatic heterocycles. The SMILES string of the molecule is O=C(NC1CCCC1)N1CCC(N2C(=O)N(Cc3ccccc3)CC23CCOCC3)CC1. The van der Waals surface area contributed by atoms with E-state index in [1.807, 2.05) is 28.0 Å². The minimum atomic E-state index is -0.136. The van der Waals surface area contributed by atoms with Gasteiger partial charge in [0.25, 0.3) is 0 Å². The Hall–Kier alpha value is -2.28. The number of hydrogen-bond donors (Lipinski definition) is 1. The van der Waals surface area contributed by atoms with E-state index in [-0.39, 0.29) is 23.6 Å². The van der Waals surface area contributed by atoms with Gasteiger partial charge in [0.15, 0.2) is 0 Å². The molecule has 7 nitrogen and oxygen atoms in total. The minimum Gasteiger partial charge on any atom is -0.381 e. The topological polar surface area (TPSA) is 65.1 Å². The molecule has 1 aromatic rings. The van der Waals surface area contributed by atoms with E-state index < -0.39 is 0 Å². The van der Waals surface area contributed by atoms with E-state index in [9.17, 15) is 9.59 Å². The molecule has 1 aliphatic carbocycles. The molecule has 0 radical (unpaired) electrons. The zero-order valence-corrected chi connectivity index (χ0v) is 19.0. The van der Waals surface area contributed by atoms with Crippen LogP contribution in [0.5, 0.6) is 0 Å². The molecule has 32 heavy (non-hydrogen) atoms. The van der Waals surface area contributed by atoms with E-state index in [0.29, 0.717) is 25.8 Å². The van der Waals surface area contributed by atoms with Gasteiger partial charge in [-0.1, -0.05) is 43.2 Å². The number of urea groups is 2. The van der Waals surface area contributed by atoms with Gasteiger partial charge < -0.3 is 24.8 Å². The second-order valence-electron chi connectivity index (χ2n) is 9.98. The molecule has 3 saturated heterocycles. The number of nitrogens with one attached hydrogen (secondary N) is 1. The third-order valence-corrected chi connectivity index (χ3v) is 7.91. The van der Waals surface area contributed by atoms with E-state index >= 15 is 0 Å². The smallest absolute Gasteiger partial charge is 0.321 e. The molecule has 1 N–H and O–H groups in total. The Balaban J connectivity index is 1.25. The quantitative estimate of drug-likeness (QED) is 0.778. The van der Waals surface area contributed by atoms with Crippen molar-refractivity contribution in [2.24, 2.45) is 0 Å². The molecule has 4 aliphatic rings. The molecule has 3 heterocycles. The molecule has 0 bridgehead atoms. The Morgan fingerprint density at radius 2 is 1.72 bits per heavy atom. The van der Waals surface area contributed by atoms with Gasteiger partial charge in [0.2, 0.25) is 0 Å². The predicted octanol–water partition coefficient (Wildman–Crippen LogP) is 3.59. The third kappa shape index (κ3) is 4.32. The van der Waals surface area contributed by atoms with Crippen molar-refractivity contribution in [3.8, 4) is 0 Å². The van der Waals surface area contributed by atoms with Crippen molar-refractivity contribution in [1.29, 1.82) is 0 Å². The minimum absolute atomic E-state index is 0.0783. The summed E-state index contributed by atoms with van der Waals surface area (Å²) in [6, 6.07) is 11.0. The molecule has 174 valence electrons. The highest BCUT2D eigenvalue weighted by molar-refractivity contribution is 5.79. The monoisotopic (exact) mass is 440 g/mol. The van der Waals surface area contributed by atoms with Crippen molar-refractivity contribution in [3.63, 3.8) is 0 Å². The van der Waals surface area contributed by atoms with Gasteiger partial charge >= 0.3 is 12.1 Å². The Bertz CT molecular complexity index is 797. The first-order valence-electron chi connectivity index (χ1n) is 12.4. The van der Waals surface area contributed by atoms with E-state index in [4.69, 9.17) is 4.74 Å². The fourth-order valence-electron chi connectivity index (χ4n) is 6.14. The first kappa shape index (κ1) is 21.6. The highest BCUT2D eigenvalue weighted by atomic mass is 16.5. The van der Waals surface area contributed by atoms with Crippen molar-refractivity contribution >= 4 is 12.1 Å². The number of carbonyl (C=O) groups excluding carboxylic acids is 2. The van der Waals surface area contributed by atoms with E-state index in [1.54, 1.807) is 0 Å². The molecular weight excluding hydrogens is 404 g/mol. The summed E-state index contributed by atoms with van der Waals surface area (Å²) < 4.78 is 5.67. The number of piperidine rings is 1. The number of carbonyl (C=O) groups is 2. The number of hydrogen-bond acceptors (Lipinski definition) is 3. The maximum atomic E-state index is 13.6. The summed E-state index contributed by atoms with van der Waals surface area (Å²) in [7, 11) is 0. The molecule has 1 aromatic carbocycles. The van der Waals surface area contributed by atoms with Crippen LogP contribution in [-0.2, 0) is 11.3 Å². The lowest BCUT2D eigenvalue weighted by Crippen LogP contribution is -2.58. The van der Waals surface area contributed by atoms with E-state index in [2.05, 4.69) is 22.3 Å². The molecule has 4 amide bonds. The average Bonchev–Trinajstić information content (AvgIpc) is 3.41. The number of amides is 4. The number of nitrogens with zero attached hydrogens (tertiary/aromatic N) is 3. The predicted molar refractivity (Wildman–Crippen MR) is 122 cm³/mol. The summed E-state index contributed by atoms with van der Waals surface area (Å²) in [5.41, 5.74) is 1.03. The molecule has 4 fully saturated rings. The maximum absolute atomic E-state index is 13.6. The standard InChI is InChI=1S/C25H36N4O3/c30-23(26-21-8-4-5-9-21)27-14-10-22(11-15-27)29-24(31)28(18-20-6-2-1-3-7-20)19-25(29)12-16-32-17-13-25/h1-3,6-7,21-22H,4-5,8-19H2,(H,26,30). The highest BCUT2D eigenvalue weighted by Crippen LogP contribution is 2.39. The fraction of sp³-hybridized carbons (Fsp3) is 0.680. The van der Waals surface area contributed by atoms with Crippen LogP contribution in [0.4, 0.5) is 9.59 Å². The summed E-state index contributed by atoms with van der Waals surface area (Å²) in [5, 5.41) is 3.21. The van der Waals surface area contributed by atoms with Crippen LogP contribution in [0.2, 0.25) is 0 Å². The van der Waals surface area contributed by atoms with Crippen LogP contribution in [0.3, 0.4) is 0 Å². The first-order valence-corrected chi connectivity index (χ1v) is 12.4. The van der Waals surface area contributed by atoms with Crippen LogP contribution < -0.4 is 5.32 Å². The number of benzene rings is 1. The summed E-state index contributed by atoms with van der Waals surface area (Å²) in [5.74, 6) is 0. The zero-order chi connectivity index (χ0) is 22.0. The van der Waals surface area contributed by atoms with Crippen molar-refractivity contribution in [1.82, 2.24) is 20.0 Å². The molecule has 7 heteroatoms. The third-order valence-electron chi connectivity index (χ3n) is 7.91. The summed E-state index contributed by atoms with van der Waals surface area (Å²) in [6.45, 7) is 4.29. The lowest BCUT2D eigenvalue weighted by Gasteiger charge is -2.46. The normalized spacial score (nSPS) is 24.5. The molecule has 3 aliphatic heterocycles. The first-order chi connectivity index (χ1) is 15.6. The lowest BCUT2D eigenvalue weighted by atomic mass is 9.86.